The predicted molar refractivity (Wildman–Crippen MR) is 241 cm³/mol. The van der Waals surface area contributed by atoms with E-state index in [1.54, 1.807) is 33.9 Å². The monoisotopic (exact) mass is 956 g/mol. The number of nitro groups is 2. The highest BCUT2D eigenvalue weighted by Crippen LogP contribution is 2.34. The van der Waals surface area contributed by atoms with Gasteiger partial charge in [-0.05, 0) is 50.2 Å². The zero-order chi connectivity index (χ0) is 49.1. The number of hydrogen-bond acceptors (Lipinski definition) is 18. The predicted octanol–water partition coefficient (Wildman–Crippen LogP) is 6.94. The van der Waals surface area contributed by atoms with E-state index in [1.807, 2.05) is 50.2 Å². The summed E-state index contributed by atoms with van der Waals surface area (Å²) < 4.78 is 74.1. The van der Waals surface area contributed by atoms with Crippen LogP contribution >= 0.6 is 0 Å². The summed E-state index contributed by atoms with van der Waals surface area (Å²) in [5.41, 5.74) is 0.396. The van der Waals surface area contributed by atoms with Crippen LogP contribution in [0.25, 0.3) is 33.4 Å². The molecule has 0 atom stereocenters. The van der Waals surface area contributed by atoms with Gasteiger partial charge in [-0.15, -0.1) is 0 Å². The van der Waals surface area contributed by atoms with Crippen molar-refractivity contribution < 1.29 is 50.8 Å². The van der Waals surface area contributed by atoms with Crippen LogP contribution in [0.15, 0.2) is 103 Å². The van der Waals surface area contributed by atoms with Gasteiger partial charge in [-0.1, -0.05) is 0 Å². The normalized spacial score (nSPS) is 10.8. The molecule has 0 aliphatic heterocycles. The molecule has 0 aliphatic rings. The van der Waals surface area contributed by atoms with Crippen LogP contribution in [0.5, 0.6) is 23.0 Å². The maximum Gasteiger partial charge on any atom is 0.307 e. The zero-order valence-corrected chi connectivity index (χ0v) is 37.2. The van der Waals surface area contributed by atoms with E-state index in [4.69, 9.17) is 18.9 Å². The summed E-state index contributed by atoms with van der Waals surface area (Å²) in [6.45, 7) is 4.98. The van der Waals surface area contributed by atoms with E-state index in [-0.39, 0.29) is 34.0 Å². The van der Waals surface area contributed by atoms with Crippen molar-refractivity contribution in [1.82, 2.24) is 39.5 Å². The molecular weight excluding hydrogens is 919 g/mol. The lowest BCUT2D eigenvalue weighted by molar-refractivity contribution is -0.387. The van der Waals surface area contributed by atoms with Gasteiger partial charge in [0, 0.05) is 65.8 Å². The number of methoxy groups -OCH3 is 2. The fraction of sp³-hybridized carbons (Fsp3) is 0.167. The van der Waals surface area contributed by atoms with Crippen LogP contribution in [0.3, 0.4) is 0 Å². The van der Waals surface area contributed by atoms with Gasteiger partial charge in [0.15, 0.2) is 11.6 Å². The Morgan fingerprint density at radius 1 is 0.706 bits per heavy atom. The van der Waals surface area contributed by atoms with Gasteiger partial charge in [-0.25, -0.2) is 27.7 Å². The lowest BCUT2D eigenvalue weighted by atomic mass is 10.2. The highest BCUT2D eigenvalue weighted by molar-refractivity contribution is 7.90. The van der Waals surface area contributed by atoms with Crippen molar-refractivity contribution in [3.8, 4) is 34.6 Å². The first kappa shape index (κ1) is 48.5. The summed E-state index contributed by atoms with van der Waals surface area (Å²) in [5.74, 6) is 0.562. The Bertz CT molecular complexity index is 3260. The molecule has 0 radical (unpaired) electrons. The molecule has 4 heterocycles. The van der Waals surface area contributed by atoms with Crippen LogP contribution in [-0.4, -0.2) is 97.9 Å². The number of carbonyl (C=O) groups excluding carboxylic acids is 1. The summed E-state index contributed by atoms with van der Waals surface area (Å²) in [5, 5.41) is 36.6. The smallest absolute Gasteiger partial charge is 0.307 e. The molecule has 0 saturated heterocycles. The number of nitrogens with one attached hydrogen (secondary N) is 2. The molecule has 0 unspecified atom stereocenters. The van der Waals surface area contributed by atoms with Gasteiger partial charge < -0.3 is 29.6 Å². The first-order chi connectivity index (χ1) is 32.6. The summed E-state index contributed by atoms with van der Waals surface area (Å²) in [7, 11) is -0.878. The summed E-state index contributed by atoms with van der Waals surface area (Å²) in [4.78, 5) is 46.3. The highest BCUT2D eigenvalue weighted by Gasteiger charge is 2.21. The second kappa shape index (κ2) is 21.4. The Kier molecular flexibility index (Phi) is 15.2. The number of nitrogens with zero attached hydrogens (tertiary/aromatic N) is 10. The van der Waals surface area contributed by atoms with Crippen molar-refractivity contribution >= 4 is 66.8 Å². The standard InChI is InChI=1S/C20H17FN6O4.C14H14N4O3S.C8H7FN2O4/c1-3-31-13-4-5-16-12(8-13)11-23-26(16)19-6-7-22-20(25-19)24-15-10-17(27(28)29)14(21)9-18(15)30-2;1-3-21-11-4-5-12-10(8-11)9-16-18(12)13-6-7-15-14(17-13)22(2,19)20;1-15-8-2-5(9)7(11(13)14)3-6(8)10-4-12/h4-11H,3H2,1-2H3,(H,22,24,25);4-9H,3H2,1-2H3;2-4H,1H3,(H,10,12). The van der Waals surface area contributed by atoms with Crippen LogP contribution in [0.2, 0.25) is 0 Å². The quantitative estimate of drug-likeness (QED) is 0.0455. The van der Waals surface area contributed by atoms with Gasteiger partial charge >= 0.3 is 11.4 Å². The fourth-order valence-electron chi connectivity index (χ4n) is 6.16. The third-order valence-electron chi connectivity index (χ3n) is 9.12. The Labute approximate surface area is 383 Å². The van der Waals surface area contributed by atoms with Gasteiger partial charge in [0.2, 0.25) is 39.0 Å². The number of benzene rings is 4. The number of hydrogen-bond donors (Lipinski definition) is 2. The van der Waals surface area contributed by atoms with E-state index in [1.165, 1.54) is 26.6 Å². The number of sulfone groups is 1. The molecule has 4 aromatic carbocycles. The Hall–Kier alpha value is -8.94. The molecular formula is C42H38F2N12O11S. The van der Waals surface area contributed by atoms with Gasteiger partial charge in [0.1, 0.15) is 23.0 Å². The van der Waals surface area contributed by atoms with E-state index in [0.29, 0.717) is 31.3 Å². The molecule has 26 heteroatoms. The van der Waals surface area contributed by atoms with Crippen molar-refractivity contribution in [2.45, 2.75) is 19.0 Å². The number of carbonyl (C=O) groups is 1. The van der Waals surface area contributed by atoms with Gasteiger partial charge in [0.05, 0.1) is 72.1 Å². The maximum atomic E-state index is 13.9. The number of nitro benzene ring substituents is 2. The van der Waals surface area contributed by atoms with E-state index in [2.05, 4.69) is 40.8 Å². The first-order valence-electron chi connectivity index (χ1n) is 19.7. The molecule has 8 rings (SSSR count). The SMILES string of the molecule is CCOc1ccc2c(cnn2-c2ccnc(Nc3cc([N+](=O)[O-])c(F)cc3OC)n2)c1.CCOc1ccc2c(cnn2-c2ccnc(S(C)(=O)=O)n2)c1.COc1cc(F)c([N+](=O)[O-])cc1NC=O. The topological polar surface area (TPSA) is 286 Å². The number of anilines is 3. The number of aromatic nitrogens is 8. The molecule has 8 aromatic rings. The average molecular weight is 957 g/mol. The number of ether oxygens (including phenoxy) is 4. The van der Waals surface area contributed by atoms with Crippen LogP contribution < -0.4 is 29.6 Å². The van der Waals surface area contributed by atoms with Crippen LogP contribution in [0.4, 0.5) is 37.5 Å². The minimum Gasteiger partial charge on any atom is -0.494 e. The van der Waals surface area contributed by atoms with E-state index >= 15 is 0 Å². The second-order valence-corrected chi connectivity index (χ2v) is 15.4. The Balaban J connectivity index is 0.000000180. The lowest BCUT2D eigenvalue weighted by Gasteiger charge is -2.11. The van der Waals surface area contributed by atoms with Gasteiger partial charge in [0.25, 0.3) is 0 Å². The summed E-state index contributed by atoms with van der Waals surface area (Å²) in [6, 6.07) is 18.1. The number of halogens is 2. The van der Waals surface area contributed by atoms with E-state index in [9.17, 15) is 42.2 Å². The molecule has 0 bridgehead atoms. The molecule has 352 valence electrons. The Morgan fingerprint density at radius 2 is 1.19 bits per heavy atom. The molecule has 0 saturated carbocycles. The molecule has 0 spiro atoms. The molecule has 1 amide bonds. The molecule has 68 heavy (non-hydrogen) atoms. The van der Waals surface area contributed by atoms with Crippen molar-refractivity contribution in [2.24, 2.45) is 0 Å². The number of amides is 1. The van der Waals surface area contributed by atoms with Crippen LogP contribution in [-0.2, 0) is 14.6 Å². The van der Waals surface area contributed by atoms with E-state index in [0.717, 1.165) is 63.8 Å². The first-order valence-corrected chi connectivity index (χ1v) is 21.6. The maximum absolute atomic E-state index is 13.9. The molecule has 23 nitrogen and oxygen atoms in total. The van der Waals surface area contributed by atoms with Crippen molar-refractivity contribution in [3.05, 3.63) is 129 Å². The largest absolute Gasteiger partial charge is 0.494 e. The summed E-state index contributed by atoms with van der Waals surface area (Å²) in [6.07, 6.45) is 7.68. The molecule has 4 aromatic heterocycles. The minimum absolute atomic E-state index is 0.0187. The summed E-state index contributed by atoms with van der Waals surface area (Å²) >= 11 is 0. The van der Waals surface area contributed by atoms with Crippen LogP contribution in [0.1, 0.15) is 13.8 Å². The number of fused-ring (bicyclic) bond motifs is 2. The second-order valence-electron chi connectivity index (χ2n) is 13.5. The van der Waals surface area contributed by atoms with Gasteiger partial charge in [-0.3, -0.25) is 25.0 Å². The molecule has 0 aliphatic carbocycles. The third kappa shape index (κ3) is 11.3. The number of rotatable bonds is 15. The molecule has 0 fully saturated rings. The van der Waals surface area contributed by atoms with E-state index < -0.39 is 42.7 Å². The minimum atomic E-state index is -3.47. The zero-order valence-electron chi connectivity index (χ0n) is 36.4. The van der Waals surface area contributed by atoms with Crippen LogP contribution in [0, 0.1) is 31.9 Å². The Morgan fingerprint density at radius 3 is 1.66 bits per heavy atom. The van der Waals surface area contributed by atoms with Crippen molar-refractivity contribution in [3.63, 3.8) is 0 Å². The fourth-order valence-corrected chi connectivity index (χ4v) is 6.67. The molecule has 2 N–H and O–H groups in total. The van der Waals surface area contributed by atoms with Gasteiger partial charge in [-0.2, -0.15) is 28.9 Å². The van der Waals surface area contributed by atoms with Crippen molar-refractivity contribution in [2.75, 3.05) is 44.3 Å². The highest BCUT2D eigenvalue weighted by atomic mass is 32.2. The lowest BCUT2D eigenvalue weighted by Crippen LogP contribution is -2.08. The van der Waals surface area contributed by atoms with Crippen molar-refractivity contribution in [1.29, 1.82) is 0 Å². The third-order valence-corrected chi connectivity index (χ3v) is 9.98. The average Bonchev–Trinajstić information content (AvgIpc) is 3.94.